The van der Waals surface area contributed by atoms with Crippen molar-refractivity contribution in [3.05, 3.63) is 66.0 Å². The third-order valence-corrected chi connectivity index (χ3v) is 3.95. The molecular weight excluding hydrogens is 225 g/mol. The Balaban J connectivity index is 1.92. The molecule has 3 aromatic rings. The second-order valence-electron chi connectivity index (χ2n) is 3.91. The van der Waals surface area contributed by atoms with Crippen molar-refractivity contribution in [2.75, 3.05) is 0 Å². The van der Waals surface area contributed by atoms with Gasteiger partial charge in [0, 0.05) is 11.5 Å². The highest BCUT2D eigenvalue weighted by atomic mass is 31.0. The van der Waals surface area contributed by atoms with Gasteiger partial charge in [-0.05, 0) is 28.7 Å². The molecule has 1 heterocycles. The minimum Gasteiger partial charge on any atom is -0.256 e. The van der Waals surface area contributed by atoms with Gasteiger partial charge in [0.2, 0.25) is 0 Å². The first kappa shape index (κ1) is 10.3. The van der Waals surface area contributed by atoms with Crippen LogP contribution in [0.4, 0.5) is 5.69 Å². The van der Waals surface area contributed by atoms with Crippen LogP contribution in [0.25, 0.3) is 10.5 Å². The normalized spacial score (nSPS) is 11.8. The number of para-hydroxylation sites is 1. The molecule has 3 rings (SSSR count). The number of benzene rings is 2. The molecule has 0 saturated heterocycles. The fourth-order valence-electron chi connectivity index (χ4n) is 1.82. The van der Waals surface area contributed by atoms with Crippen LogP contribution in [0.1, 0.15) is 5.30 Å². The lowest BCUT2D eigenvalue weighted by Crippen LogP contribution is -1.70. The van der Waals surface area contributed by atoms with Crippen molar-refractivity contribution in [2.45, 2.75) is 0 Å². The lowest BCUT2D eigenvalue weighted by Gasteiger charge is -1.89. The molecule has 0 aliphatic heterocycles. The van der Waals surface area contributed by atoms with E-state index < -0.39 is 0 Å². The van der Waals surface area contributed by atoms with Gasteiger partial charge in [0.15, 0.2) is 0 Å². The fraction of sp³-hybridized carbons (Fsp3) is 0. The molecule has 0 radical (unpaired) electrons. The van der Waals surface area contributed by atoms with Crippen molar-refractivity contribution in [3.63, 3.8) is 0 Å². The van der Waals surface area contributed by atoms with Crippen LogP contribution in [-0.4, -0.2) is 6.21 Å². The molecule has 0 saturated carbocycles. The number of hydrogen-bond donors (Lipinski definition) is 0. The second-order valence-corrected chi connectivity index (χ2v) is 5.27. The van der Waals surface area contributed by atoms with Gasteiger partial charge in [-0.25, -0.2) is 0 Å². The average Bonchev–Trinajstić information content (AvgIpc) is 2.80. The lowest BCUT2D eigenvalue weighted by atomic mass is 10.2. The van der Waals surface area contributed by atoms with Gasteiger partial charge in [-0.15, -0.1) is 8.19 Å². The van der Waals surface area contributed by atoms with Crippen LogP contribution in [0.15, 0.2) is 65.7 Å². The Morgan fingerprint density at radius 2 is 1.65 bits per heavy atom. The van der Waals surface area contributed by atoms with E-state index in [9.17, 15) is 0 Å². The molecule has 0 N–H and O–H groups in total. The lowest BCUT2D eigenvalue weighted by molar-refractivity contribution is 1.54. The standard InChI is InChI=1S/C15H12NP/c1-2-7-13(8-3-1)16-11-14-10-12-6-4-5-9-15(12)17-14/h1-11,17H/b16-11+. The molecule has 0 aliphatic rings. The highest BCUT2D eigenvalue weighted by Gasteiger charge is 1.96. The third kappa shape index (κ3) is 2.30. The van der Waals surface area contributed by atoms with E-state index in [2.05, 4.69) is 35.3 Å². The predicted octanol–water partition coefficient (Wildman–Crippen LogP) is 4.62. The topological polar surface area (TPSA) is 12.4 Å². The van der Waals surface area contributed by atoms with Crippen LogP contribution < -0.4 is 0 Å². The summed E-state index contributed by atoms with van der Waals surface area (Å²) in [4.78, 5) is 4.48. The van der Waals surface area contributed by atoms with Crippen molar-refractivity contribution in [2.24, 2.45) is 4.99 Å². The molecular formula is C15H12NP. The second kappa shape index (κ2) is 4.57. The molecule has 0 fully saturated rings. The van der Waals surface area contributed by atoms with Gasteiger partial charge < -0.3 is 0 Å². The zero-order valence-corrected chi connectivity index (χ0v) is 10.3. The van der Waals surface area contributed by atoms with E-state index in [1.807, 2.05) is 36.5 Å². The van der Waals surface area contributed by atoms with Crippen LogP contribution >= 0.6 is 8.19 Å². The molecule has 17 heavy (non-hydrogen) atoms. The average molecular weight is 237 g/mol. The van der Waals surface area contributed by atoms with Crippen molar-refractivity contribution < 1.29 is 0 Å². The van der Waals surface area contributed by atoms with E-state index in [0.29, 0.717) is 0 Å². The SMILES string of the molecule is C(=N\c1ccccc1)/c1cc2ccccc2[pH]1. The highest BCUT2D eigenvalue weighted by Crippen LogP contribution is 2.29. The van der Waals surface area contributed by atoms with E-state index in [1.165, 1.54) is 15.8 Å². The number of fused-ring (bicyclic) bond motifs is 1. The maximum atomic E-state index is 4.48. The quantitative estimate of drug-likeness (QED) is 0.576. The number of aliphatic imine (C=N–C) groups is 1. The summed E-state index contributed by atoms with van der Waals surface area (Å²) in [6.45, 7) is 0. The van der Waals surface area contributed by atoms with Crippen molar-refractivity contribution in [3.8, 4) is 0 Å². The Bertz CT molecular complexity index is 620. The zero-order chi connectivity index (χ0) is 11.5. The summed E-state index contributed by atoms with van der Waals surface area (Å²) in [6, 6.07) is 20.8. The maximum Gasteiger partial charge on any atom is 0.0630 e. The number of hydrogen-bond acceptors (Lipinski definition) is 1. The first-order valence-corrected chi connectivity index (χ1v) is 6.59. The van der Waals surface area contributed by atoms with Gasteiger partial charge in [0.1, 0.15) is 0 Å². The summed E-state index contributed by atoms with van der Waals surface area (Å²) >= 11 is 0. The molecule has 82 valence electrons. The van der Waals surface area contributed by atoms with E-state index in [-0.39, 0.29) is 0 Å². The van der Waals surface area contributed by atoms with Gasteiger partial charge in [-0.2, -0.15) is 0 Å². The zero-order valence-electron chi connectivity index (χ0n) is 9.30. The van der Waals surface area contributed by atoms with Crippen LogP contribution in [0.2, 0.25) is 0 Å². The third-order valence-electron chi connectivity index (χ3n) is 2.66. The molecule has 0 amide bonds. The first-order chi connectivity index (χ1) is 8.42. The summed E-state index contributed by atoms with van der Waals surface area (Å²) in [7, 11) is 0.734. The number of rotatable bonds is 2. The maximum absolute atomic E-state index is 4.48. The molecule has 1 nitrogen and oxygen atoms in total. The van der Waals surface area contributed by atoms with E-state index in [1.54, 1.807) is 0 Å². The Labute approximate surface area is 102 Å². The van der Waals surface area contributed by atoms with E-state index in [0.717, 1.165) is 13.9 Å². The number of nitrogens with zero attached hydrogens (tertiary/aromatic N) is 1. The first-order valence-electron chi connectivity index (χ1n) is 5.59. The summed E-state index contributed by atoms with van der Waals surface area (Å²) in [5.74, 6) is 0. The molecule has 1 unspecified atom stereocenters. The highest BCUT2D eigenvalue weighted by molar-refractivity contribution is 7.39. The van der Waals surface area contributed by atoms with Gasteiger partial charge in [0.25, 0.3) is 0 Å². The van der Waals surface area contributed by atoms with Gasteiger partial charge in [-0.3, -0.25) is 4.99 Å². The summed E-state index contributed by atoms with van der Waals surface area (Å²) in [5, 5.41) is 4.05. The van der Waals surface area contributed by atoms with Crippen LogP contribution in [-0.2, 0) is 0 Å². The molecule has 1 atom stereocenters. The Hall–Kier alpha value is -1.85. The van der Waals surface area contributed by atoms with Crippen molar-refractivity contribution in [1.82, 2.24) is 0 Å². The van der Waals surface area contributed by atoms with Crippen LogP contribution in [0.5, 0.6) is 0 Å². The minimum atomic E-state index is 0.734. The molecule has 1 aromatic heterocycles. The van der Waals surface area contributed by atoms with Gasteiger partial charge in [0.05, 0.1) is 5.69 Å². The Morgan fingerprint density at radius 3 is 2.47 bits per heavy atom. The summed E-state index contributed by atoms with van der Waals surface area (Å²) in [6.07, 6.45) is 1.98. The Morgan fingerprint density at radius 1 is 0.882 bits per heavy atom. The molecule has 2 aromatic carbocycles. The minimum absolute atomic E-state index is 0.734. The fourth-order valence-corrected chi connectivity index (χ4v) is 2.97. The Kier molecular flexibility index (Phi) is 2.77. The van der Waals surface area contributed by atoms with E-state index >= 15 is 0 Å². The van der Waals surface area contributed by atoms with E-state index in [4.69, 9.17) is 0 Å². The largest absolute Gasteiger partial charge is 0.256 e. The molecule has 2 heteroatoms. The van der Waals surface area contributed by atoms with Crippen molar-refractivity contribution >= 4 is 30.6 Å². The summed E-state index contributed by atoms with van der Waals surface area (Å²) in [5.41, 5.74) is 1.01. The predicted molar refractivity (Wildman–Crippen MR) is 77.1 cm³/mol. The summed E-state index contributed by atoms with van der Waals surface area (Å²) < 4.78 is 0. The monoisotopic (exact) mass is 237 g/mol. The van der Waals surface area contributed by atoms with Crippen LogP contribution in [0, 0.1) is 0 Å². The van der Waals surface area contributed by atoms with Gasteiger partial charge in [-0.1, -0.05) is 42.5 Å². The molecule has 0 bridgehead atoms. The molecule has 0 spiro atoms. The van der Waals surface area contributed by atoms with Gasteiger partial charge >= 0.3 is 0 Å². The molecule has 0 aliphatic carbocycles. The van der Waals surface area contributed by atoms with Crippen LogP contribution in [0.3, 0.4) is 0 Å². The smallest absolute Gasteiger partial charge is 0.0630 e. The van der Waals surface area contributed by atoms with Crippen molar-refractivity contribution in [1.29, 1.82) is 0 Å².